The molecule has 13 N–H and O–H groups in total. The number of rotatable bonds is 10. The highest BCUT2D eigenvalue weighted by Gasteiger charge is 2.52. The fraction of sp³-hybridized carbons (Fsp3) is 0.545. The van der Waals surface area contributed by atoms with Crippen molar-refractivity contribution in [3.05, 3.63) is 46.6 Å². The Morgan fingerprint density at radius 1 is 0.593 bits per heavy atom. The molecule has 3 fully saturated rings. The zero-order valence-corrected chi connectivity index (χ0v) is 27.8. The third-order valence-electron chi connectivity index (χ3n) is 9.33. The van der Waals surface area contributed by atoms with E-state index < -0.39 is 140 Å². The van der Waals surface area contributed by atoms with E-state index in [1.807, 2.05) is 0 Å². The summed E-state index contributed by atoms with van der Waals surface area (Å²) in [5.41, 5.74) is -1.38. The number of phenolic OH excluding ortho intramolecular Hbond substituents is 2. The van der Waals surface area contributed by atoms with Crippen LogP contribution in [0.5, 0.6) is 23.0 Å². The summed E-state index contributed by atoms with van der Waals surface area (Å²) in [6, 6.07) is 7.07. The molecule has 2 aromatic carbocycles. The molecule has 54 heavy (non-hydrogen) atoms. The maximum atomic E-state index is 14.2. The van der Waals surface area contributed by atoms with Crippen LogP contribution in [0.2, 0.25) is 0 Å². The minimum Gasteiger partial charge on any atom is -0.508 e. The molecule has 15 unspecified atom stereocenters. The molecular formula is C33H40O21. The molecule has 21 heteroatoms. The maximum Gasteiger partial charge on any atom is 0.239 e. The van der Waals surface area contributed by atoms with E-state index in [2.05, 4.69) is 0 Å². The van der Waals surface area contributed by atoms with Gasteiger partial charge in [0, 0.05) is 17.7 Å². The molecule has 3 aliphatic heterocycles. The van der Waals surface area contributed by atoms with Crippen LogP contribution in [0.1, 0.15) is 0 Å². The molecule has 21 nitrogen and oxygen atoms in total. The van der Waals surface area contributed by atoms with Gasteiger partial charge in [-0.05, 0) is 24.3 Å². The molecule has 3 saturated heterocycles. The average Bonchev–Trinajstić information content (AvgIpc) is 3.15. The van der Waals surface area contributed by atoms with E-state index in [1.165, 1.54) is 24.3 Å². The van der Waals surface area contributed by atoms with Gasteiger partial charge in [-0.3, -0.25) is 4.79 Å². The van der Waals surface area contributed by atoms with Crippen LogP contribution in [-0.2, 0) is 18.9 Å². The quantitative estimate of drug-likeness (QED) is 0.0918. The molecule has 3 aliphatic rings. The summed E-state index contributed by atoms with van der Waals surface area (Å²) in [6.07, 6.45) is -26.7. The van der Waals surface area contributed by atoms with Crippen molar-refractivity contribution in [2.45, 2.75) is 92.1 Å². The van der Waals surface area contributed by atoms with Gasteiger partial charge >= 0.3 is 0 Å². The second kappa shape index (κ2) is 16.2. The summed E-state index contributed by atoms with van der Waals surface area (Å²) in [7, 11) is 0. The van der Waals surface area contributed by atoms with Crippen molar-refractivity contribution in [2.75, 3.05) is 19.8 Å². The second-order valence-corrected chi connectivity index (χ2v) is 12.9. The van der Waals surface area contributed by atoms with Gasteiger partial charge < -0.3 is 99.2 Å². The predicted octanol–water partition coefficient (Wildman–Crippen LogP) is -4.95. The Kier molecular flexibility index (Phi) is 11.9. The SMILES string of the molecule is O=c1c(OC2OC(CO)C(O)C(O)C2OC2OC(CO)C(O)C(O)C2O)c(-c2ccc(O)cc2)oc2cc(OC3OC(CO)C(O)C(O)C3O)cc(O)c12. The summed E-state index contributed by atoms with van der Waals surface area (Å²) in [5.74, 6) is -2.38. The van der Waals surface area contributed by atoms with E-state index in [0.717, 1.165) is 12.1 Å². The zero-order valence-electron chi connectivity index (χ0n) is 27.8. The standard InChI is InChI=1S/C33H40O21/c34-7-15-19(39)23(43)26(46)31(50-15)48-12-5-13(38)18-14(6-12)49-28(10-1-3-11(37)4-2-10)29(22(18)42)53-33-30(25(45)21(41)17(9-36)52-33)54-32-27(47)24(44)20(40)16(8-35)51-32/h1-6,15-17,19-21,23-27,30-41,43-47H,7-9H2. The molecule has 15 atom stereocenters. The highest BCUT2D eigenvalue weighted by Crippen LogP contribution is 2.39. The normalized spacial score (nSPS) is 37.3. The summed E-state index contributed by atoms with van der Waals surface area (Å²) < 4.78 is 39.6. The van der Waals surface area contributed by atoms with Crippen LogP contribution < -0.4 is 14.9 Å². The lowest BCUT2D eigenvalue weighted by Gasteiger charge is -2.45. The summed E-state index contributed by atoms with van der Waals surface area (Å²) in [4.78, 5) is 14.2. The van der Waals surface area contributed by atoms with Crippen LogP contribution in [0.3, 0.4) is 0 Å². The number of aliphatic hydroxyl groups excluding tert-OH is 11. The van der Waals surface area contributed by atoms with E-state index >= 15 is 0 Å². The molecule has 298 valence electrons. The number of aromatic hydroxyl groups is 2. The Morgan fingerprint density at radius 2 is 1.11 bits per heavy atom. The van der Waals surface area contributed by atoms with Crippen LogP contribution in [0.4, 0.5) is 0 Å². The van der Waals surface area contributed by atoms with E-state index in [1.54, 1.807) is 0 Å². The van der Waals surface area contributed by atoms with Gasteiger partial charge in [0.1, 0.15) is 95.4 Å². The molecular weight excluding hydrogens is 732 g/mol. The van der Waals surface area contributed by atoms with Gasteiger partial charge in [-0.15, -0.1) is 0 Å². The smallest absolute Gasteiger partial charge is 0.239 e. The van der Waals surface area contributed by atoms with Gasteiger partial charge in [0.2, 0.25) is 23.8 Å². The lowest BCUT2D eigenvalue weighted by molar-refractivity contribution is -0.358. The van der Waals surface area contributed by atoms with Crippen molar-refractivity contribution >= 4 is 11.0 Å². The molecule has 0 radical (unpaired) electrons. The molecule has 3 aromatic rings. The Morgan fingerprint density at radius 3 is 1.69 bits per heavy atom. The first-order chi connectivity index (χ1) is 25.7. The van der Waals surface area contributed by atoms with Crippen molar-refractivity contribution in [3.63, 3.8) is 0 Å². The van der Waals surface area contributed by atoms with Crippen molar-refractivity contribution in [1.29, 1.82) is 0 Å². The molecule has 0 aliphatic carbocycles. The number of benzene rings is 2. The number of phenols is 2. The third-order valence-corrected chi connectivity index (χ3v) is 9.33. The topological polar surface area (TPSA) is 349 Å². The molecule has 0 bridgehead atoms. The molecule has 0 saturated carbocycles. The maximum absolute atomic E-state index is 14.2. The molecule has 4 heterocycles. The number of ether oxygens (including phenoxy) is 6. The van der Waals surface area contributed by atoms with Crippen LogP contribution in [-0.4, -0.2) is 178 Å². The van der Waals surface area contributed by atoms with Gasteiger partial charge in [-0.25, -0.2) is 0 Å². The monoisotopic (exact) mass is 772 g/mol. The van der Waals surface area contributed by atoms with Crippen molar-refractivity contribution in [2.24, 2.45) is 0 Å². The third kappa shape index (κ3) is 7.45. The van der Waals surface area contributed by atoms with Crippen molar-refractivity contribution in [1.82, 2.24) is 0 Å². The van der Waals surface area contributed by atoms with Crippen LogP contribution in [0.15, 0.2) is 45.6 Å². The summed E-state index contributed by atoms with van der Waals surface area (Å²) in [6.45, 7) is -2.48. The van der Waals surface area contributed by atoms with Crippen molar-refractivity contribution in [3.8, 4) is 34.3 Å². The Bertz CT molecular complexity index is 1800. The lowest BCUT2D eigenvalue weighted by atomic mass is 9.97. The minimum absolute atomic E-state index is 0.0723. The van der Waals surface area contributed by atoms with Crippen LogP contribution in [0.25, 0.3) is 22.3 Å². The Balaban J connectivity index is 1.41. The van der Waals surface area contributed by atoms with Gasteiger partial charge in [-0.2, -0.15) is 0 Å². The lowest BCUT2D eigenvalue weighted by Crippen LogP contribution is -2.65. The average molecular weight is 773 g/mol. The van der Waals surface area contributed by atoms with Gasteiger partial charge in [0.05, 0.1) is 19.8 Å². The first kappa shape index (κ1) is 39.9. The first-order valence-corrected chi connectivity index (χ1v) is 16.5. The minimum atomic E-state index is -2.01. The second-order valence-electron chi connectivity index (χ2n) is 12.9. The Labute approximate surface area is 303 Å². The summed E-state index contributed by atoms with van der Waals surface area (Å²) >= 11 is 0. The number of hydrogen-bond acceptors (Lipinski definition) is 21. The highest BCUT2D eigenvalue weighted by molar-refractivity contribution is 5.88. The Hall–Kier alpha value is -3.75. The van der Waals surface area contributed by atoms with E-state index in [-0.39, 0.29) is 22.6 Å². The van der Waals surface area contributed by atoms with E-state index in [0.29, 0.717) is 0 Å². The van der Waals surface area contributed by atoms with Gasteiger partial charge in [0.15, 0.2) is 18.2 Å². The molecule has 1 aromatic heterocycles. The van der Waals surface area contributed by atoms with Gasteiger partial charge in [0.25, 0.3) is 0 Å². The largest absolute Gasteiger partial charge is 0.508 e. The van der Waals surface area contributed by atoms with Crippen LogP contribution in [0, 0.1) is 0 Å². The van der Waals surface area contributed by atoms with Gasteiger partial charge in [-0.1, -0.05) is 0 Å². The number of hydrogen-bond donors (Lipinski definition) is 13. The fourth-order valence-electron chi connectivity index (χ4n) is 6.28. The molecule has 0 spiro atoms. The molecule has 6 rings (SSSR count). The molecule has 0 amide bonds. The summed E-state index contributed by atoms with van der Waals surface area (Å²) in [5, 5.41) is 133. The number of aliphatic hydroxyl groups is 11. The predicted molar refractivity (Wildman–Crippen MR) is 173 cm³/mol. The van der Waals surface area contributed by atoms with Crippen molar-refractivity contribution < 1.29 is 99.2 Å². The highest BCUT2D eigenvalue weighted by atomic mass is 16.8. The zero-order chi connectivity index (χ0) is 39.2. The van der Waals surface area contributed by atoms with E-state index in [9.17, 15) is 71.2 Å². The number of fused-ring (bicyclic) bond motifs is 1. The fourth-order valence-corrected chi connectivity index (χ4v) is 6.28. The van der Waals surface area contributed by atoms with Crippen LogP contribution >= 0.6 is 0 Å². The van der Waals surface area contributed by atoms with E-state index in [4.69, 9.17) is 32.8 Å². The first-order valence-electron chi connectivity index (χ1n) is 16.5.